The maximum atomic E-state index is 10.9. The van der Waals surface area contributed by atoms with Crippen molar-refractivity contribution < 1.29 is 24.8 Å². The molecule has 0 radical (unpaired) electrons. The number of aryl methyl sites for hydroxylation is 2. The lowest BCUT2D eigenvalue weighted by molar-refractivity contribution is 0.0916. The number of nitrogens with one attached hydrogen (secondary N) is 2. The molecule has 0 aliphatic carbocycles. The average molecular weight is 719 g/mol. The molecule has 2 aromatic carbocycles. The molecule has 0 unspecified atom stereocenters. The lowest BCUT2D eigenvalue weighted by Gasteiger charge is -2.34. The number of fused-ring (bicyclic) bond motifs is 4. The van der Waals surface area contributed by atoms with Gasteiger partial charge in [-0.3, -0.25) is 9.88 Å². The van der Waals surface area contributed by atoms with Gasteiger partial charge in [0.1, 0.15) is 24.7 Å². The number of nitrogens with zero attached hydrogens (tertiary/aromatic N) is 2. The van der Waals surface area contributed by atoms with Crippen LogP contribution < -0.4 is 20.1 Å². The monoisotopic (exact) mass is 719 g/mol. The van der Waals surface area contributed by atoms with Gasteiger partial charge in [0.05, 0.1) is 31.2 Å². The standard InChI is InChI=1S/C43H66N4O5/c1-28(2)12-39(23-48)44-19-33-15-31(7)17-35-21-47(41(25-50)14-30(5)6)22-36-18-32(8)16-34(20-45-40(24-49)13-29(3)4)43(36)52-27-38-11-9-10-37(46-38)26-51-42(33)35/h9-11,15-18,28-30,39-41,44-45,48-50H,12-14,19-27H2,1-8H3/t39-,40-,41-/m0/s1. The molecular formula is C43H66N4O5. The fraction of sp³-hybridized carbons (Fsp3) is 0.605. The van der Waals surface area contributed by atoms with E-state index in [-0.39, 0.29) is 37.9 Å². The van der Waals surface area contributed by atoms with Gasteiger partial charge in [0, 0.05) is 66.6 Å². The van der Waals surface area contributed by atoms with E-state index in [0.29, 0.717) is 57.1 Å². The van der Waals surface area contributed by atoms with Crippen LogP contribution in [0, 0.1) is 31.6 Å². The van der Waals surface area contributed by atoms with Gasteiger partial charge in [-0.05, 0) is 63.0 Å². The molecule has 0 saturated carbocycles. The Labute approximate surface area is 313 Å². The summed E-state index contributed by atoms with van der Waals surface area (Å²) in [4.78, 5) is 7.32. The summed E-state index contributed by atoms with van der Waals surface area (Å²) in [5, 5.41) is 38.4. The Bertz CT molecular complexity index is 1440. The molecule has 3 atom stereocenters. The third-order valence-electron chi connectivity index (χ3n) is 9.70. The number of aromatic nitrogens is 1. The van der Waals surface area contributed by atoms with Crippen LogP contribution >= 0.6 is 0 Å². The average Bonchev–Trinajstić information content (AvgIpc) is 3.08. The Hall–Kier alpha value is -3.05. The minimum absolute atomic E-state index is 0.0178. The summed E-state index contributed by atoms with van der Waals surface area (Å²) in [7, 11) is 0. The number of pyridine rings is 1. The second kappa shape index (κ2) is 20.4. The van der Waals surface area contributed by atoms with E-state index in [1.165, 1.54) is 0 Å². The molecule has 0 saturated heterocycles. The number of rotatable bonds is 16. The van der Waals surface area contributed by atoms with Crippen molar-refractivity contribution in [3.63, 3.8) is 0 Å². The van der Waals surface area contributed by atoms with Gasteiger partial charge in [0.15, 0.2) is 0 Å². The fourth-order valence-electron chi connectivity index (χ4n) is 7.43. The Balaban J connectivity index is 1.84. The highest BCUT2D eigenvalue weighted by atomic mass is 16.5. The molecule has 9 nitrogen and oxygen atoms in total. The minimum atomic E-state index is -0.0956. The van der Waals surface area contributed by atoms with Crippen molar-refractivity contribution in [1.82, 2.24) is 20.5 Å². The number of aliphatic hydroxyl groups excluding tert-OH is 3. The highest BCUT2D eigenvalue weighted by Gasteiger charge is 2.26. The van der Waals surface area contributed by atoms with Crippen LogP contribution in [-0.2, 0) is 39.4 Å². The lowest BCUT2D eigenvalue weighted by Crippen LogP contribution is -2.38. The Morgan fingerprint density at radius 1 is 0.654 bits per heavy atom. The maximum absolute atomic E-state index is 10.9. The van der Waals surface area contributed by atoms with Crippen LogP contribution in [0.2, 0.25) is 0 Å². The zero-order chi connectivity index (χ0) is 37.8. The first-order valence-corrected chi connectivity index (χ1v) is 19.4. The zero-order valence-electron chi connectivity index (χ0n) is 33.0. The van der Waals surface area contributed by atoms with Crippen LogP contribution in [0.3, 0.4) is 0 Å². The summed E-state index contributed by atoms with van der Waals surface area (Å²) in [5.41, 5.74) is 8.05. The summed E-state index contributed by atoms with van der Waals surface area (Å²) < 4.78 is 13.4. The normalized spacial score (nSPS) is 15.8. The molecule has 288 valence electrons. The molecule has 2 bridgehead atoms. The lowest BCUT2D eigenvalue weighted by atomic mass is 9.97. The number of benzene rings is 2. The number of hydrogen-bond donors (Lipinski definition) is 5. The second-order valence-corrected chi connectivity index (χ2v) is 16.2. The second-order valence-electron chi connectivity index (χ2n) is 16.2. The molecule has 5 N–H and O–H groups in total. The van der Waals surface area contributed by atoms with Crippen LogP contribution in [-0.4, -0.2) is 63.1 Å². The van der Waals surface area contributed by atoms with E-state index in [0.717, 1.165) is 75.5 Å². The van der Waals surface area contributed by atoms with Gasteiger partial charge >= 0.3 is 0 Å². The first kappa shape index (κ1) is 41.7. The third kappa shape index (κ3) is 12.5. The summed E-state index contributed by atoms with van der Waals surface area (Å²) in [6, 6.07) is 14.6. The van der Waals surface area contributed by atoms with Gasteiger partial charge in [-0.25, -0.2) is 0 Å². The molecule has 4 rings (SSSR count). The van der Waals surface area contributed by atoms with Crippen molar-refractivity contribution in [3.8, 4) is 11.5 Å². The van der Waals surface area contributed by atoms with Crippen molar-refractivity contribution in [2.75, 3.05) is 19.8 Å². The van der Waals surface area contributed by atoms with E-state index in [9.17, 15) is 15.3 Å². The van der Waals surface area contributed by atoms with E-state index in [4.69, 9.17) is 14.5 Å². The van der Waals surface area contributed by atoms with Crippen LogP contribution in [0.4, 0.5) is 0 Å². The van der Waals surface area contributed by atoms with Gasteiger partial charge in [0.2, 0.25) is 0 Å². The number of aliphatic hydroxyl groups is 3. The molecule has 1 aliphatic rings. The first-order chi connectivity index (χ1) is 24.9. The molecular weight excluding hydrogens is 652 g/mol. The summed E-state index contributed by atoms with van der Waals surface area (Å²) in [5.74, 6) is 2.94. The summed E-state index contributed by atoms with van der Waals surface area (Å²) in [6.07, 6.45) is 2.58. The van der Waals surface area contributed by atoms with Crippen molar-refractivity contribution in [2.24, 2.45) is 17.8 Å². The van der Waals surface area contributed by atoms with Gasteiger partial charge in [-0.15, -0.1) is 0 Å². The van der Waals surface area contributed by atoms with Crippen LogP contribution in [0.5, 0.6) is 11.5 Å². The fourth-order valence-corrected chi connectivity index (χ4v) is 7.43. The van der Waals surface area contributed by atoms with Gasteiger partial charge in [0.25, 0.3) is 0 Å². The van der Waals surface area contributed by atoms with E-state index < -0.39 is 0 Å². The topological polar surface area (TPSA) is 119 Å². The Kier molecular flexibility index (Phi) is 16.4. The predicted octanol–water partition coefficient (Wildman–Crippen LogP) is 6.57. The van der Waals surface area contributed by atoms with Gasteiger partial charge in [-0.1, -0.05) is 83.0 Å². The van der Waals surface area contributed by atoms with E-state index in [1.54, 1.807) is 0 Å². The first-order valence-electron chi connectivity index (χ1n) is 19.4. The molecule has 9 heteroatoms. The molecule has 0 amide bonds. The van der Waals surface area contributed by atoms with Crippen molar-refractivity contribution >= 4 is 0 Å². The molecule has 0 spiro atoms. The summed E-state index contributed by atoms with van der Waals surface area (Å²) in [6.45, 7) is 20.3. The van der Waals surface area contributed by atoms with E-state index >= 15 is 0 Å². The van der Waals surface area contributed by atoms with Crippen LogP contribution in [0.1, 0.15) is 106 Å². The highest BCUT2D eigenvalue weighted by Crippen LogP contribution is 2.34. The van der Waals surface area contributed by atoms with Crippen LogP contribution in [0.25, 0.3) is 0 Å². The number of hydrogen-bond acceptors (Lipinski definition) is 9. The maximum Gasteiger partial charge on any atom is 0.130 e. The van der Waals surface area contributed by atoms with Crippen LogP contribution in [0.15, 0.2) is 42.5 Å². The van der Waals surface area contributed by atoms with Gasteiger partial charge in [-0.2, -0.15) is 0 Å². The van der Waals surface area contributed by atoms with E-state index in [1.807, 2.05) is 18.2 Å². The SMILES string of the molecule is Cc1cc(CN[C@H](CO)CC(C)C)c2c(c1)CN([C@H](CO)CC(C)C)Cc1cc(C)cc(CN[C@H](CO)CC(C)C)c1OCc1cccc(n1)CO2. The quantitative estimate of drug-likeness (QED) is 0.112. The number of ether oxygens (including phenoxy) is 2. The van der Waals surface area contributed by atoms with Crippen molar-refractivity contribution in [2.45, 2.75) is 132 Å². The largest absolute Gasteiger partial charge is 0.487 e. The Morgan fingerprint density at radius 2 is 1.10 bits per heavy atom. The molecule has 2 heterocycles. The smallest absolute Gasteiger partial charge is 0.130 e. The zero-order valence-corrected chi connectivity index (χ0v) is 33.0. The molecule has 52 heavy (non-hydrogen) atoms. The molecule has 1 aliphatic heterocycles. The predicted molar refractivity (Wildman–Crippen MR) is 209 cm³/mol. The highest BCUT2D eigenvalue weighted by molar-refractivity contribution is 5.47. The minimum Gasteiger partial charge on any atom is -0.487 e. The van der Waals surface area contributed by atoms with Gasteiger partial charge < -0.3 is 35.4 Å². The molecule has 1 aromatic heterocycles. The summed E-state index contributed by atoms with van der Waals surface area (Å²) >= 11 is 0. The van der Waals surface area contributed by atoms with Crippen molar-refractivity contribution in [1.29, 1.82) is 0 Å². The molecule has 0 fully saturated rings. The Morgan fingerprint density at radius 3 is 1.48 bits per heavy atom. The van der Waals surface area contributed by atoms with E-state index in [2.05, 4.69) is 95.2 Å². The van der Waals surface area contributed by atoms with Crippen molar-refractivity contribution in [3.05, 3.63) is 87.2 Å². The molecule has 3 aromatic rings. The third-order valence-corrected chi connectivity index (χ3v) is 9.70.